The number of nitrogens with one attached hydrogen (secondary N) is 2. The lowest BCUT2D eigenvalue weighted by Crippen LogP contribution is -2.22. The highest BCUT2D eigenvalue weighted by molar-refractivity contribution is 8.00. The molecule has 0 aliphatic rings. The molecule has 1 unspecified atom stereocenters. The van der Waals surface area contributed by atoms with Crippen LogP contribution in [0, 0.1) is 0 Å². The quantitative estimate of drug-likeness (QED) is 0.559. The molecule has 3 aromatic carbocycles. The van der Waals surface area contributed by atoms with E-state index in [4.69, 9.17) is 0 Å². The fraction of sp³-hybridized carbons (Fsp3) is 0.130. The zero-order chi connectivity index (χ0) is 19.8. The van der Waals surface area contributed by atoms with Gasteiger partial charge in [-0.1, -0.05) is 54.6 Å². The van der Waals surface area contributed by atoms with E-state index in [9.17, 15) is 9.59 Å². The van der Waals surface area contributed by atoms with Gasteiger partial charge in [0.2, 0.25) is 11.8 Å². The largest absolute Gasteiger partial charge is 0.326 e. The van der Waals surface area contributed by atoms with E-state index in [0.29, 0.717) is 6.42 Å². The van der Waals surface area contributed by atoms with Gasteiger partial charge >= 0.3 is 0 Å². The Morgan fingerprint density at radius 2 is 1.46 bits per heavy atom. The average Bonchev–Trinajstić information content (AvgIpc) is 2.69. The molecule has 4 nitrogen and oxygen atoms in total. The Bertz CT molecular complexity index is 930. The minimum Gasteiger partial charge on any atom is -0.326 e. The summed E-state index contributed by atoms with van der Waals surface area (Å²) in [4.78, 5) is 25.6. The third kappa shape index (κ3) is 5.99. The van der Waals surface area contributed by atoms with E-state index in [1.165, 1.54) is 11.8 Å². The maximum absolute atomic E-state index is 12.4. The molecule has 1 atom stereocenters. The van der Waals surface area contributed by atoms with Gasteiger partial charge in [-0.25, -0.2) is 0 Å². The van der Waals surface area contributed by atoms with Crippen molar-refractivity contribution in [3.05, 3.63) is 90.5 Å². The van der Waals surface area contributed by atoms with E-state index >= 15 is 0 Å². The molecule has 3 aromatic rings. The van der Waals surface area contributed by atoms with Crippen LogP contribution in [0.2, 0.25) is 0 Å². The summed E-state index contributed by atoms with van der Waals surface area (Å²) in [6, 6.07) is 26.6. The number of amides is 2. The van der Waals surface area contributed by atoms with Crippen LogP contribution >= 0.6 is 11.8 Å². The Labute approximate surface area is 169 Å². The third-order valence-electron chi connectivity index (χ3n) is 4.05. The van der Waals surface area contributed by atoms with E-state index in [0.717, 1.165) is 21.8 Å². The monoisotopic (exact) mass is 390 g/mol. The van der Waals surface area contributed by atoms with Crippen LogP contribution in [-0.2, 0) is 16.0 Å². The first-order valence-corrected chi connectivity index (χ1v) is 9.94. The van der Waals surface area contributed by atoms with Gasteiger partial charge in [0.05, 0.1) is 11.7 Å². The minimum absolute atomic E-state index is 0.0604. The van der Waals surface area contributed by atoms with Crippen molar-refractivity contribution in [1.82, 2.24) is 0 Å². The Morgan fingerprint density at radius 3 is 2.18 bits per heavy atom. The molecule has 0 spiro atoms. The van der Waals surface area contributed by atoms with Crippen LogP contribution in [0.3, 0.4) is 0 Å². The Kier molecular flexibility index (Phi) is 6.87. The number of carbonyl (C=O) groups excluding carboxylic acids is 2. The summed E-state index contributed by atoms with van der Waals surface area (Å²) in [7, 11) is 0. The van der Waals surface area contributed by atoms with Gasteiger partial charge in [0, 0.05) is 16.3 Å². The van der Waals surface area contributed by atoms with Gasteiger partial charge in [0.15, 0.2) is 0 Å². The van der Waals surface area contributed by atoms with Crippen LogP contribution in [0.15, 0.2) is 89.8 Å². The van der Waals surface area contributed by atoms with Crippen LogP contribution in [0.1, 0.15) is 12.5 Å². The summed E-state index contributed by atoms with van der Waals surface area (Å²) < 4.78 is 0. The first-order valence-electron chi connectivity index (χ1n) is 9.06. The fourth-order valence-corrected chi connectivity index (χ4v) is 3.58. The molecule has 5 heteroatoms. The van der Waals surface area contributed by atoms with E-state index in [-0.39, 0.29) is 17.1 Å². The maximum Gasteiger partial charge on any atom is 0.237 e. The Balaban J connectivity index is 1.56. The fourth-order valence-electron chi connectivity index (χ4n) is 2.66. The summed E-state index contributed by atoms with van der Waals surface area (Å²) in [6.45, 7) is 1.86. The zero-order valence-corrected chi connectivity index (χ0v) is 16.4. The first kappa shape index (κ1) is 19.7. The van der Waals surface area contributed by atoms with Crippen molar-refractivity contribution >= 4 is 35.0 Å². The third-order valence-corrected chi connectivity index (χ3v) is 5.14. The van der Waals surface area contributed by atoms with Crippen molar-refractivity contribution < 1.29 is 9.59 Å². The predicted octanol–water partition coefficient (Wildman–Crippen LogP) is 4.99. The second-order valence-corrected chi connectivity index (χ2v) is 7.77. The number of hydrogen-bond donors (Lipinski definition) is 2. The van der Waals surface area contributed by atoms with Gasteiger partial charge in [-0.05, 0) is 42.8 Å². The normalized spacial score (nSPS) is 11.5. The lowest BCUT2D eigenvalue weighted by atomic mass is 10.1. The van der Waals surface area contributed by atoms with Crippen molar-refractivity contribution in [2.24, 2.45) is 0 Å². The highest BCUT2D eigenvalue weighted by atomic mass is 32.2. The van der Waals surface area contributed by atoms with Gasteiger partial charge in [-0.15, -0.1) is 11.8 Å². The second-order valence-electron chi connectivity index (χ2n) is 6.35. The molecule has 0 aliphatic carbocycles. The predicted molar refractivity (Wildman–Crippen MR) is 116 cm³/mol. The van der Waals surface area contributed by atoms with Crippen LogP contribution in [0.25, 0.3) is 0 Å². The van der Waals surface area contributed by atoms with Crippen LogP contribution in [0.4, 0.5) is 11.4 Å². The van der Waals surface area contributed by atoms with Gasteiger partial charge in [-0.3, -0.25) is 9.59 Å². The molecule has 142 valence electrons. The smallest absolute Gasteiger partial charge is 0.237 e. The molecule has 0 saturated carbocycles. The topological polar surface area (TPSA) is 58.2 Å². The molecular weight excluding hydrogens is 368 g/mol. The molecule has 0 radical (unpaired) electrons. The number of benzene rings is 3. The Morgan fingerprint density at radius 1 is 0.821 bits per heavy atom. The minimum atomic E-state index is -0.268. The summed E-state index contributed by atoms with van der Waals surface area (Å²) in [5.41, 5.74) is 2.47. The second kappa shape index (κ2) is 9.76. The summed E-state index contributed by atoms with van der Waals surface area (Å²) in [5, 5.41) is 5.56. The van der Waals surface area contributed by atoms with E-state index in [1.807, 2.05) is 91.9 Å². The number of hydrogen-bond acceptors (Lipinski definition) is 3. The molecule has 0 saturated heterocycles. The SMILES string of the molecule is CC(Sc1cccc(NC(=O)Cc2ccccc2)c1)C(=O)Nc1ccccc1. The number of rotatable bonds is 7. The number of anilines is 2. The standard InChI is InChI=1S/C23H22N2O2S/c1-17(23(27)25-19-11-6-3-7-12-19)28-21-14-8-13-20(16-21)24-22(26)15-18-9-4-2-5-10-18/h2-14,16-17H,15H2,1H3,(H,24,26)(H,25,27). The summed E-state index contributed by atoms with van der Waals surface area (Å²) >= 11 is 1.45. The van der Waals surface area contributed by atoms with Gasteiger partial charge < -0.3 is 10.6 Å². The van der Waals surface area contributed by atoms with E-state index < -0.39 is 0 Å². The van der Waals surface area contributed by atoms with Crippen molar-refractivity contribution in [1.29, 1.82) is 0 Å². The van der Waals surface area contributed by atoms with E-state index in [2.05, 4.69) is 10.6 Å². The lowest BCUT2D eigenvalue weighted by molar-refractivity contribution is -0.116. The molecule has 0 fully saturated rings. The van der Waals surface area contributed by atoms with Gasteiger partial charge in [0.25, 0.3) is 0 Å². The highest BCUT2D eigenvalue weighted by Crippen LogP contribution is 2.26. The van der Waals surface area contributed by atoms with Crippen LogP contribution < -0.4 is 10.6 Å². The summed E-state index contributed by atoms with van der Waals surface area (Å²) in [6.07, 6.45) is 0.327. The number of para-hydroxylation sites is 1. The van der Waals surface area contributed by atoms with Crippen molar-refractivity contribution in [3.63, 3.8) is 0 Å². The van der Waals surface area contributed by atoms with Crippen molar-refractivity contribution in [2.75, 3.05) is 10.6 Å². The molecule has 0 heterocycles. The first-order chi connectivity index (χ1) is 13.6. The molecule has 0 bridgehead atoms. The molecule has 0 aromatic heterocycles. The van der Waals surface area contributed by atoms with Crippen molar-refractivity contribution in [2.45, 2.75) is 23.5 Å². The van der Waals surface area contributed by atoms with E-state index in [1.54, 1.807) is 0 Å². The van der Waals surface area contributed by atoms with Crippen LogP contribution in [0.5, 0.6) is 0 Å². The molecule has 2 N–H and O–H groups in total. The van der Waals surface area contributed by atoms with Gasteiger partial charge in [-0.2, -0.15) is 0 Å². The van der Waals surface area contributed by atoms with Crippen LogP contribution in [-0.4, -0.2) is 17.1 Å². The summed E-state index contributed by atoms with van der Waals surface area (Å²) in [5.74, 6) is -0.127. The molecule has 3 rings (SSSR count). The number of thioether (sulfide) groups is 1. The lowest BCUT2D eigenvalue weighted by Gasteiger charge is -2.13. The molecular formula is C23H22N2O2S. The molecule has 28 heavy (non-hydrogen) atoms. The maximum atomic E-state index is 12.4. The molecule has 2 amide bonds. The number of carbonyl (C=O) groups is 2. The van der Waals surface area contributed by atoms with Gasteiger partial charge in [0.1, 0.15) is 0 Å². The molecule has 0 aliphatic heterocycles. The Hall–Kier alpha value is -3.05. The van der Waals surface area contributed by atoms with Crippen molar-refractivity contribution in [3.8, 4) is 0 Å². The average molecular weight is 391 g/mol. The highest BCUT2D eigenvalue weighted by Gasteiger charge is 2.15. The zero-order valence-electron chi connectivity index (χ0n) is 15.6.